The minimum absolute atomic E-state index is 0. The van der Waals surface area contributed by atoms with Crippen LogP contribution in [0.15, 0.2) is 36.4 Å². The topological polar surface area (TPSA) is 111 Å². The second kappa shape index (κ2) is 26.0. The van der Waals surface area contributed by atoms with Gasteiger partial charge in [0.05, 0.1) is 45.6 Å². The summed E-state index contributed by atoms with van der Waals surface area (Å²) in [4.78, 5) is 42.7. The Morgan fingerprint density at radius 1 is 0.265 bits per heavy atom. The fourth-order valence-corrected chi connectivity index (χ4v) is 15.1. The minimum atomic E-state index is 0. The number of nitrogens with zero attached hydrogens (tertiary/aromatic N) is 6. The average Bonchev–Trinajstić information content (AvgIpc) is 4.57. The van der Waals surface area contributed by atoms with Crippen LogP contribution in [0.2, 0.25) is 0 Å². The minimum Gasteiger partial charge on any atom is -0.657 e. The van der Waals surface area contributed by atoms with E-state index in [0.29, 0.717) is 12.8 Å². The number of nitrogens with one attached hydrogen (secondary N) is 2. The summed E-state index contributed by atoms with van der Waals surface area (Å²) in [7, 11) is 0. The summed E-state index contributed by atoms with van der Waals surface area (Å²) in [6.07, 6.45) is 15.8. The van der Waals surface area contributed by atoms with Crippen LogP contribution in [0.3, 0.4) is 0 Å². The van der Waals surface area contributed by atoms with Gasteiger partial charge in [-0.25, -0.2) is 19.9 Å². The van der Waals surface area contributed by atoms with Gasteiger partial charge in [0.15, 0.2) is 0 Å². The Morgan fingerprint density at radius 3 is 0.892 bits per heavy atom. The molecule has 0 amide bonds. The second-order valence-electron chi connectivity index (χ2n) is 22.7. The van der Waals surface area contributed by atoms with Crippen LogP contribution in [-0.4, -0.2) is 29.9 Å². The van der Waals surface area contributed by atoms with Gasteiger partial charge in [0, 0.05) is 27.6 Å². The molecule has 9 heteroatoms. The zero-order valence-electron chi connectivity index (χ0n) is 53.6. The Balaban J connectivity index is 0.00000828. The van der Waals surface area contributed by atoms with Crippen molar-refractivity contribution in [3.05, 3.63) is 138 Å². The molecule has 0 fully saturated rings. The number of rotatable bonds is 19. The Morgan fingerprint density at radius 2 is 0.542 bits per heavy atom. The molecule has 8 nitrogen and oxygen atoms in total. The molecule has 2 N–H and O–H groups in total. The number of aromatic nitrogens is 8. The fraction of sp³-hybridized carbons (Fsp3) is 0.459. The number of hydrogen-bond acceptors (Lipinski definition) is 4. The Labute approximate surface area is 509 Å². The maximum atomic E-state index is 5.92. The van der Waals surface area contributed by atoms with Gasteiger partial charge in [-0.2, -0.15) is 0 Å². The van der Waals surface area contributed by atoms with Crippen molar-refractivity contribution in [2.75, 3.05) is 0 Å². The summed E-state index contributed by atoms with van der Waals surface area (Å²) in [5.74, 6) is 0. The third-order valence-corrected chi connectivity index (χ3v) is 18.9. The molecule has 16 bridgehead atoms. The van der Waals surface area contributed by atoms with Gasteiger partial charge in [0.2, 0.25) is 0 Å². The average molecular weight is 1160 g/mol. The first-order chi connectivity index (χ1) is 39.9. The van der Waals surface area contributed by atoms with Gasteiger partial charge in [-0.15, -0.1) is 22.1 Å². The molecule has 10 heterocycles. The SMILES string of the molecule is CCC1=C(CC)c2cc3[n-]c(c(CCc4c5nc(cc6[nH]c(cc7[nH]c(cc8nc4C(CC)=C8CC)c(CC)c7CC)c(CC)c6CC)C(CC)=C5CC)c4nc(cc5[n-]c(cc1n2)c(CC)c5CC)C(CC)=C4CC)c(CC)c3CC.[Zn+2]. The van der Waals surface area contributed by atoms with E-state index in [4.69, 9.17) is 29.9 Å². The number of hydrogen-bond donors (Lipinski definition) is 2. The molecule has 0 saturated heterocycles. The zero-order chi connectivity index (χ0) is 58.3. The van der Waals surface area contributed by atoms with Crippen molar-refractivity contribution in [2.45, 2.75) is 226 Å². The van der Waals surface area contributed by atoms with E-state index in [1.165, 1.54) is 122 Å². The monoisotopic (exact) mass is 1160 g/mol. The van der Waals surface area contributed by atoms with Crippen molar-refractivity contribution in [3.63, 3.8) is 0 Å². The van der Waals surface area contributed by atoms with Gasteiger partial charge in [0.25, 0.3) is 0 Å². The Hall–Kier alpha value is -6.18. The quantitative estimate of drug-likeness (QED) is 0.0782. The first-order valence-corrected chi connectivity index (χ1v) is 32.3. The smallest absolute Gasteiger partial charge is 0.657 e. The van der Waals surface area contributed by atoms with Crippen molar-refractivity contribution >= 4 is 88.7 Å². The van der Waals surface area contributed by atoms with E-state index >= 15 is 0 Å². The van der Waals surface area contributed by atoms with Crippen LogP contribution < -0.4 is 9.97 Å². The van der Waals surface area contributed by atoms with E-state index in [0.717, 1.165) is 170 Å². The van der Waals surface area contributed by atoms with Crippen molar-refractivity contribution in [1.29, 1.82) is 0 Å². The molecule has 0 radical (unpaired) electrons. The molecule has 83 heavy (non-hydrogen) atoms. The molecule has 0 aliphatic carbocycles. The number of aromatic amines is 2. The summed E-state index contributed by atoms with van der Waals surface area (Å²) in [5, 5.41) is 0. The molecule has 10 rings (SSSR count). The van der Waals surface area contributed by atoms with Crippen LogP contribution in [-0.2, 0) is 83.7 Å². The van der Waals surface area contributed by atoms with E-state index in [1.807, 2.05) is 0 Å². The molecule has 0 saturated carbocycles. The van der Waals surface area contributed by atoms with Crippen molar-refractivity contribution in [2.24, 2.45) is 0 Å². The molecule has 4 aliphatic heterocycles. The van der Waals surface area contributed by atoms with Crippen LogP contribution in [0.5, 0.6) is 0 Å². The molecular formula is C74H92N8Zn. The van der Waals surface area contributed by atoms with Crippen molar-refractivity contribution < 1.29 is 19.5 Å². The first-order valence-electron chi connectivity index (χ1n) is 32.3. The van der Waals surface area contributed by atoms with Crippen LogP contribution in [0.1, 0.15) is 263 Å². The van der Waals surface area contributed by atoms with Gasteiger partial charge in [-0.05, 0) is 206 Å². The maximum absolute atomic E-state index is 5.92. The molecule has 0 spiro atoms. The van der Waals surface area contributed by atoms with E-state index in [1.54, 1.807) is 0 Å². The Bertz CT molecular complexity index is 3880. The predicted octanol–water partition coefficient (Wildman–Crippen LogP) is 19.4. The summed E-state index contributed by atoms with van der Waals surface area (Å²) in [5.41, 5.74) is 41.2. The molecule has 6 aromatic heterocycles. The molecular weight excluding hydrogens is 1070 g/mol. The van der Waals surface area contributed by atoms with Crippen LogP contribution >= 0.6 is 0 Å². The third kappa shape index (κ3) is 10.5. The molecule has 430 valence electrons. The number of fused-ring (bicyclic) bond motifs is 16. The van der Waals surface area contributed by atoms with Gasteiger partial charge < -0.3 is 19.9 Å². The first kappa shape index (κ1) is 61.4. The number of H-pyrrole nitrogens is 2. The van der Waals surface area contributed by atoms with Gasteiger partial charge in [0.1, 0.15) is 0 Å². The fourth-order valence-electron chi connectivity index (χ4n) is 15.1. The predicted molar refractivity (Wildman–Crippen MR) is 352 cm³/mol. The largest absolute Gasteiger partial charge is 2.00 e. The maximum Gasteiger partial charge on any atom is 2.00 e. The van der Waals surface area contributed by atoms with Crippen LogP contribution in [0.4, 0.5) is 0 Å². The second-order valence-corrected chi connectivity index (χ2v) is 22.7. The van der Waals surface area contributed by atoms with E-state index in [-0.39, 0.29) is 19.5 Å². The summed E-state index contributed by atoms with van der Waals surface area (Å²) >= 11 is 0. The van der Waals surface area contributed by atoms with Crippen molar-refractivity contribution in [3.8, 4) is 0 Å². The summed E-state index contributed by atoms with van der Waals surface area (Å²) in [6.45, 7) is 36.9. The van der Waals surface area contributed by atoms with E-state index < -0.39 is 0 Å². The van der Waals surface area contributed by atoms with Gasteiger partial charge in [-0.1, -0.05) is 151 Å². The molecule has 4 aliphatic rings. The van der Waals surface area contributed by atoms with Gasteiger partial charge in [-0.3, -0.25) is 0 Å². The van der Waals surface area contributed by atoms with Crippen LogP contribution in [0, 0.1) is 0 Å². The summed E-state index contributed by atoms with van der Waals surface area (Å²) in [6, 6.07) is 14.1. The third-order valence-electron chi connectivity index (χ3n) is 18.9. The molecule has 0 aromatic carbocycles. The number of allylic oxidation sites excluding steroid dienone is 8. The molecule has 0 unspecified atom stereocenters. The van der Waals surface area contributed by atoms with Crippen molar-refractivity contribution in [1.82, 2.24) is 39.9 Å². The van der Waals surface area contributed by atoms with E-state index in [2.05, 4.69) is 157 Å². The van der Waals surface area contributed by atoms with E-state index in [9.17, 15) is 0 Å². The molecule has 6 aromatic rings. The number of aryl methyl sites for hydroxylation is 9. The van der Waals surface area contributed by atoms with Crippen LogP contribution in [0.25, 0.3) is 88.7 Å². The standard InChI is InChI=1S/C74H92N8.Zn/c1-17-41-45(21-5)63-37-67-49(25-9)53(29-13)71(79-67)57(72-54(30-14)50(26-10)68(80-72)38-64-46(22-6)42(18-2)60(76-64)35-59(41)75-63)33-34-58-73-55(31-15)51(27-11)69(81-73)39-65-47(23-7)43(19-3)61(77-65)36-62-44(20-4)48(24-8)66(78-62)40-70-52(28-12)56(32-16)74(58)82-70;/h35-40,75-76H,17-34H2,1-16H3;/q-2;+2. The Kier molecular flexibility index (Phi) is 19.2. The van der Waals surface area contributed by atoms with Gasteiger partial charge >= 0.3 is 19.5 Å². The zero-order valence-corrected chi connectivity index (χ0v) is 56.5. The normalized spacial score (nSPS) is 13.6. The molecule has 0 atom stereocenters. The summed E-state index contributed by atoms with van der Waals surface area (Å²) < 4.78 is 0.